The summed E-state index contributed by atoms with van der Waals surface area (Å²) in [5, 5.41) is 9.36. The fraction of sp³-hybridized carbons (Fsp3) is 0. The van der Waals surface area contributed by atoms with Crippen LogP contribution in [-0.4, -0.2) is 18.4 Å². The van der Waals surface area contributed by atoms with Crippen LogP contribution in [0.2, 0.25) is 0 Å². The van der Waals surface area contributed by atoms with Crippen LogP contribution in [0.4, 0.5) is 0 Å². The lowest BCUT2D eigenvalue weighted by atomic mass is 9.90. The Bertz CT molecular complexity index is 2720. The highest BCUT2D eigenvalue weighted by atomic mass is 32.2. The zero-order valence-electron chi connectivity index (χ0n) is 24.0. The van der Waals surface area contributed by atoms with Crippen LogP contribution in [0, 0.1) is 0 Å². The molecule has 0 aliphatic rings. The van der Waals surface area contributed by atoms with E-state index in [1.807, 2.05) is 66.9 Å². The molecule has 2 heterocycles. The molecule has 7 aromatic carbocycles. The van der Waals surface area contributed by atoms with Crippen molar-refractivity contribution in [3.63, 3.8) is 0 Å². The third-order valence-corrected chi connectivity index (χ3v) is 10.7. The second-order valence-electron chi connectivity index (χ2n) is 11.3. The average Bonchev–Trinajstić information content (AvgIpc) is 3.10. The van der Waals surface area contributed by atoms with Crippen LogP contribution < -0.4 is 0 Å². The SMILES string of the molecule is O=S(=O)(c1ccccc1)c1c2ccccc2c(-c2nc3c4ccccc4c4ccccc4c3c3ncccc23)c2ccccc12. The molecule has 9 aromatic rings. The molecule has 2 aromatic heterocycles. The molecule has 0 amide bonds. The molecule has 0 N–H and O–H groups in total. The van der Waals surface area contributed by atoms with E-state index in [0.717, 1.165) is 65.4 Å². The van der Waals surface area contributed by atoms with Gasteiger partial charge in [0.2, 0.25) is 9.84 Å². The second-order valence-corrected chi connectivity index (χ2v) is 13.2. The van der Waals surface area contributed by atoms with Gasteiger partial charge < -0.3 is 0 Å². The number of hydrogen-bond donors (Lipinski definition) is 0. The summed E-state index contributed by atoms with van der Waals surface area (Å²) in [6, 6.07) is 45.1. The van der Waals surface area contributed by atoms with Crippen molar-refractivity contribution in [1.29, 1.82) is 0 Å². The van der Waals surface area contributed by atoms with Crippen molar-refractivity contribution in [1.82, 2.24) is 9.97 Å². The van der Waals surface area contributed by atoms with E-state index >= 15 is 0 Å². The Labute approximate surface area is 259 Å². The van der Waals surface area contributed by atoms with E-state index in [4.69, 9.17) is 9.97 Å². The molecule has 0 aliphatic carbocycles. The summed E-state index contributed by atoms with van der Waals surface area (Å²) < 4.78 is 28.7. The largest absolute Gasteiger partial charge is 0.255 e. The van der Waals surface area contributed by atoms with Crippen LogP contribution in [0.25, 0.3) is 76.2 Å². The number of aromatic nitrogens is 2. The maximum atomic E-state index is 14.3. The standard InChI is InChI=1S/C40H24N2O2S/c43-45(44,25-13-2-1-3-14-25)40-32-21-10-7-18-29(32)35(30-19-8-11-22-33(30)40)39-34-23-12-24-41-37(34)36-28-17-6-4-15-26(28)27-16-5-9-20-31(27)38(36)42-39/h1-24H. The predicted octanol–water partition coefficient (Wildman–Crippen LogP) is 9.90. The monoisotopic (exact) mass is 596 g/mol. The number of nitrogens with zero attached hydrogens (tertiary/aromatic N) is 2. The Morgan fingerprint density at radius 1 is 0.422 bits per heavy atom. The number of rotatable bonds is 3. The van der Waals surface area contributed by atoms with Gasteiger partial charge in [0.15, 0.2) is 0 Å². The molecule has 0 aliphatic heterocycles. The molecule has 0 fully saturated rings. The van der Waals surface area contributed by atoms with Gasteiger partial charge in [-0.25, -0.2) is 13.4 Å². The minimum atomic E-state index is -3.85. The Morgan fingerprint density at radius 3 is 1.56 bits per heavy atom. The zero-order chi connectivity index (χ0) is 30.1. The number of pyridine rings is 2. The van der Waals surface area contributed by atoms with E-state index < -0.39 is 9.84 Å². The number of benzene rings is 7. The van der Waals surface area contributed by atoms with Gasteiger partial charge in [0.25, 0.3) is 0 Å². The van der Waals surface area contributed by atoms with E-state index in [0.29, 0.717) is 15.7 Å². The highest BCUT2D eigenvalue weighted by Gasteiger charge is 2.27. The molecule has 9 rings (SSSR count). The summed E-state index contributed by atoms with van der Waals surface area (Å²) in [4.78, 5) is 11.1. The molecular formula is C40H24N2O2S. The van der Waals surface area contributed by atoms with Gasteiger partial charge in [0.05, 0.1) is 26.5 Å². The maximum Gasteiger partial charge on any atom is 0.207 e. The highest BCUT2D eigenvalue weighted by Crippen LogP contribution is 2.46. The summed E-state index contributed by atoms with van der Waals surface area (Å²) in [5.74, 6) is 0. The van der Waals surface area contributed by atoms with Crippen molar-refractivity contribution in [2.75, 3.05) is 0 Å². The molecule has 0 radical (unpaired) electrons. The summed E-state index contributed by atoms with van der Waals surface area (Å²) in [6.07, 6.45) is 1.83. The van der Waals surface area contributed by atoms with E-state index in [1.165, 1.54) is 0 Å². The highest BCUT2D eigenvalue weighted by molar-refractivity contribution is 7.92. The van der Waals surface area contributed by atoms with Gasteiger partial charge in [-0.3, -0.25) is 4.98 Å². The van der Waals surface area contributed by atoms with Crippen molar-refractivity contribution < 1.29 is 8.42 Å². The molecule has 0 saturated heterocycles. The molecule has 4 nitrogen and oxygen atoms in total. The van der Waals surface area contributed by atoms with Crippen LogP contribution >= 0.6 is 0 Å². The van der Waals surface area contributed by atoms with Gasteiger partial charge >= 0.3 is 0 Å². The van der Waals surface area contributed by atoms with Crippen molar-refractivity contribution in [2.45, 2.75) is 9.79 Å². The van der Waals surface area contributed by atoms with Gasteiger partial charge in [-0.05, 0) is 51.2 Å². The molecule has 45 heavy (non-hydrogen) atoms. The van der Waals surface area contributed by atoms with Crippen LogP contribution in [0.1, 0.15) is 0 Å². The third kappa shape index (κ3) is 3.68. The van der Waals surface area contributed by atoms with Crippen molar-refractivity contribution >= 4 is 74.7 Å². The molecule has 0 unspecified atom stereocenters. The Balaban J connectivity index is 1.51. The van der Waals surface area contributed by atoms with Crippen molar-refractivity contribution in [3.8, 4) is 11.3 Å². The topological polar surface area (TPSA) is 59.9 Å². The molecule has 0 atom stereocenters. The van der Waals surface area contributed by atoms with E-state index in [9.17, 15) is 8.42 Å². The van der Waals surface area contributed by atoms with Crippen LogP contribution in [0.5, 0.6) is 0 Å². The van der Waals surface area contributed by atoms with Gasteiger partial charge in [-0.15, -0.1) is 0 Å². The molecule has 0 saturated carbocycles. The predicted molar refractivity (Wildman–Crippen MR) is 184 cm³/mol. The molecular weight excluding hydrogens is 573 g/mol. The Hall–Kier alpha value is -5.65. The van der Waals surface area contributed by atoms with Crippen LogP contribution in [0.15, 0.2) is 156 Å². The summed E-state index contributed by atoms with van der Waals surface area (Å²) in [5.41, 5.74) is 3.42. The summed E-state index contributed by atoms with van der Waals surface area (Å²) in [7, 11) is -3.85. The summed E-state index contributed by atoms with van der Waals surface area (Å²) >= 11 is 0. The first-order valence-electron chi connectivity index (χ1n) is 14.8. The lowest BCUT2D eigenvalue weighted by Gasteiger charge is -2.19. The number of hydrogen-bond acceptors (Lipinski definition) is 4. The van der Waals surface area contributed by atoms with E-state index in [1.54, 1.807) is 24.3 Å². The van der Waals surface area contributed by atoms with Crippen LogP contribution in [-0.2, 0) is 9.84 Å². The first-order valence-corrected chi connectivity index (χ1v) is 16.3. The number of sulfone groups is 1. The molecule has 212 valence electrons. The fourth-order valence-electron chi connectivity index (χ4n) is 6.99. The Morgan fingerprint density at radius 2 is 0.911 bits per heavy atom. The smallest absolute Gasteiger partial charge is 0.207 e. The lowest BCUT2D eigenvalue weighted by Crippen LogP contribution is -2.05. The minimum Gasteiger partial charge on any atom is -0.255 e. The van der Waals surface area contributed by atoms with Gasteiger partial charge in [-0.2, -0.15) is 0 Å². The van der Waals surface area contributed by atoms with Crippen molar-refractivity contribution in [2.24, 2.45) is 0 Å². The van der Waals surface area contributed by atoms with Crippen molar-refractivity contribution in [3.05, 3.63) is 146 Å². The summed E-state index contributed by atoms with van der Waals surface area (Å²) in [6.45, 7) is 0. The maximum absolute atomic E-state index is 14.3. The fourth-order valence-corrected chi connectivity index (χ4v) is 8.67. The van der Waals surface area contributed by atoms with Crippen LogP contribution in [0.3, 0.4) is 0 Å². The average molecular weight is 597 g/mol. The molecule has 5 heteroatoms. The first kappa shape index (κ1) is 25.8. The molecule has 0 spiro atoms. The van der Waals surface area contributed by atoms with Gasteiger partial charge in [0.1, 0.15) is 0 Å². The van der Waals surface area contributed by atoms with E-state index in [-0.39, 0.29) is 4.90 Å². The quantitative estimate of drug-likeness (QED) is 0.150. The minimum absolute atomic E-state index is 0.268. The van der Waals surface area contributed by atoms with Gasteiger partial charge in [-0.1, -0.05) is 115 Å². The Kier molecular flexibility index (Phi) is 5.55. The first-order chi connectivity index (χ1) is 22.1. The number of fused-ring (bicyclic) bond motifs is 10. The second kappa shape index (κ2) is 9.68. The zero-order valence-corrected chi connectivity index (χ0v) is 24.8. The lowest BCUT2D eigenvalue weighted by molar-refractivity contribution is 0.597. The van der Waals surface area contributed by atoms with Gasteiger partial charge in [0, 0.05) is 38.7 Å². The third-order valence-electron chi connectivity index (χ3n) is 8.87. The molecule has 0 bridgehead atoms. The normalized spacial score (nSPS) is 12.2. The van der Waals surface area contributed by atoms with E-state index in [2.05, 4.69) is 54.6 Å².